The minimum Gasteiger partial charge on any atom is -0.372 e. The highest BCUT2D eigenvalue weighted by Gasteiger charge is 2.51. The van der Waals surface area contributed by atoms with Crippen LogP contribution in [0.4, 0.5) is 0 Å². The van der Waals surface area contributed by atoms with Crippen molar-refractivity contribution in [2.24, 2.45) is 5.41 Å². The first-order valence-electron chi connectivity index (χ1n) is 12.2. The lowest BCUT2D eigenvalue weighted by atomic mass is 9.75. The van der Waals surface area contributed by atoms with Gasteiger partial charge in [-0.1, -0.05) is 6.07 Å². The van der Waals surface area contributed by atoms with Gasteiger partial charge in [0.25, 0.3) is 0 Å². The zero-order valence-corrected chi connectivity index (χ0v) is 20.6. The Kier molecular flexibility index (Phi) is 5.52. The maximum absolute atomic E-state index is 6.67. The maximum atomic E-state index is 6.67. The third kappa shape index (κ3) is 4.28. The van der Waals surface area contributed by atoms with Crippen molar-refractivity contribution >= 4 is 11.2 Å². The van der Waals surface area contributed by atoms with Crippen LogP contribution in [0.3, 0.4) is 0 Å². The highest BCUT2D eigenvalue weighted by molar-refractivity contribution is 5.68. The Morgan fingerprint density at radius 1 is 1.18 bits per heavy atom. The standard InChI is InChI=1S/C26H36N6O/c1-18-6-7-19(14-28-18)25(4,5)32-13-12-26(16-32,21-8-10-24(2,3)33-21)11-9-22-30-20-15-27-17-29-23(20)31-22/h6-7,14-15,17,21H,8-13,16H2,1-5H3,(H,27,29,30,31)/t21?,26-/m1/s1. The SMILES string of the molecule is Cc1ccc(C(C)(C)N2CC[C@@](CCc3nc4ncncc4[nH]3)(C3CCC(C)(C)O3)C2)cn1. The van der Waals surface area contributed by atoms with Gasteiger partial charge in [0.2, 0.25) is 0 Å². The number of ether oxygens (including phenoxy) is 1. The third-order valence-corrected chi connectivity index (χ3v) is 8.02. The lowest BCUT2D eigenvalue weighted by Gasteiger charge is -2.40. The van der Waals surface area contributed by atoms with Crippen LogP contribution in [-0.2, 0) is 16.7 Å². The molecule has 2 aliphatic heterocycles. The Balaban J connectivity index is 1.39. The van der Waals surface area contributed by atoms with Crippen LogP contribution in [0.15, 0.2) is 30.9 Å². The molecule has 5 rings (SSSR count). The molecule has 3 aromatic rings. The summed E-state index contributed by atoms with van der Waals surface area (Å²) in [7, 11) is 0. The number of likely N-dealkylation sites (tertiary alicyclic amines) is 1. The number of imidazole rings is 1. The lowest BCUT2D eigenvalue weighted by Crippen LogP contribution is -2.45. The molecule has 0 amide bonds. The van der Waals surface area contributed by atoms with Crippen molar-refractivity contribution in [3.8, 4) is 0 Å². The first-order valence-corrected chi connectivity index (χ1v) is 12.2. The number of pyridine rings is 1. The average molecular weight is 449 g/mol. The maximum Gasteiger partial charge on any atom is 0.180 e. The Labute approximate surface area is 196 Å². The predicted octanol–water partition coefficient (Wildman–Crippen LogP) is 4.57. The number of nitrogens with zero attached hydrogens (tertiary/aromatic N) is 5. The minimum atomic E-state index is -0.0779. The summed E-state index contributed by atoms with van der Waals surface area (Å²) < 4.78 is 6.67. The Morgan fingerprint density at radius 2 is 2.03 bits per heavy atom. The van der Waals surface area contributed by atoms with E-state index in [0.717, 1.165) is 67.9 Å². The Bertz CT molecular complexity index is 1090. The summed E-state index contributed by atoms with van der Waals surface area (Å²) in [6, 6.07) is 4.35. The van der Waals surface area contributed by atoms with Gasteiger partial charge in [-0.25, -0.2) is 15.0 Å². The molecule has 33 heavy (non-hydrogen) atoms. The molecule has 176 valence electrons. The largest absolute Gasteiger partial charge is 0.372 e. The zero-order valence-electron chi connectivity index (χ0n) is 20.6. The van der Waals surface area contributed by atoms with Gasteiger partial charge in [0.05, 0.1) is 17.9 Å². The van der Waals surface area contributed by atoms with Gasteiger partial charge in [0, 0.05) is 35.8 Å². The number of hydrogen-bond donors (Lipinski definition) is 1. The molecule has 7 heteroatoms. The van der Waals surface area contributed by atoms with Crippen LogP contribution >= 0.6 is 0 Å². The first-order chi connectivity index (χ1) is 15.7. The molecule has 0 radical (unpaired) electrons. The number of aryl methyl sites for hydroxylation is 2. The summed E-state index contributed by atoms with van der Waals surface area (Å²) in [4.78, 5) is 23.7. The molecule has 1 N–H and O–H groups in total. The zero-order chi connectivity index (χ0) is 23.3. The number of H-pyrrole nitrogens is 1. The van der Waals surface area contributed by atoms with E-state index >= 15 is 0 Å². The van der Waals surface area contributed by atoms with Gasteiger partial charge in [0.1, 0.15) is 17.7 Å². The summed E-state index contributed by atoms with van der Waals surface area (Å²) in [5, 5.41) is 0. The van der Waals surface area contributed by atoms with E-state index in [2.05, 4.69) is 64.7 Å². The van der Waals surface area contributed by atoms with E-state index in [0.29, 0.717) is 0 Å². The van der Waals surface area contributed by atoms with E-state index in [1.54, 1.807) is 12.5 Å². The summed E-state index contributed by atoms with van der Waals surface area (Å²) >= 11 is 0. The molecule has 0 spiro atoms. The van der Waals surface area contributed by atoms with Crippen LogP contribution in [0.2, 0.25) is 0 Å². The molecule has 0 bridgehead atoms. The molecule has 0 aliphatic carbocycles. The molecule has 0 aromatic carbocycles. The third-order valence-electron chi connectivity index (χ3n) is 8.02. The second kappa shape index (κ2) is 8.13. The van der Waals surface area contributed by atoms with Crippen LogP contribution < -0.4 is 0 Å². The molecular formula is C26H36N6O. The van der Waals surface area contributed by atoms with E-state index in [-0.39, 0.29) is 22.7 Å². The fraction of sp³-hybridized carbons (Fsp3) is 0.615. The molecule has 2 fully saturated rings. The molecule has 2 saturated heterocycles. The minimum absolute atomic E-state index is 0.0452. The number of aromatic amines is 1. The molecule has 2 aliphatic rings. The van der Waals surface area contributed by atoms with Crippen molar-refractivity contribution in [3.63, 3.8) is 0 Å². The number of rotatable bonds is 6. The molecule has 5 heterocycles. The van der Waals surface area contributed by atoms with E-state index < -0.39 is 0 Å². The summed E-state index contributed by atoms with van der Waals surface area (Å²) in [5.41, 5.74) is 3.96. The molecule has 1 unspecified atom stereocenters. The van der Waals surface area contributed by atoms with Gasteiger partial charge in [-0.15, -0.1) is 0 Å². The highest BCUT2D eigenvalue weighted by atomic mass is 16.5. The Hall–Kier alpha value is -2.38. The van der Waals surface area contributed by atoms with Crippen LogP contribution in [0.5, 0.6) is 0 Å². The van der Waals surface area contributed by atoms with E-state index in [1.807, 2.05) is 13.1 Å². The molecule has 2 atom stereocenters. The van der Waals surface area contributed by atoms with Crippen molar-refractivity contribution < 1.29 is 4.74 Å². The second-order valence-electron chi connectivity index (χ2n) is 11.1. The molecule has 0 saturated carbocycles. The number of aromatic nitrogens is 5. The summed E-state index contributed by atoms with van der Waals surface area (Å²) in [5.74, 6) is 0.988. The van der Waals surface area contributed by atoms with E-state index in [4.69, 9.17) is 9.72 Å². The van der Waals surface area contributed by atoms with Crippen molar-refractivity contribution in [1.82, 2.24) is 29.8 Å². The second-order valence-corrected chi connectivity index (χ2v) is 11.1. The van der Waals surface area contributed by atoms with Gasteiger partial charge in [-0.2, -0.15) is 0 Å². The monoisotopic (exact) mass is 448 g/mol. The van der Waals surface area contributed by atoms with Crippen molar-refractivity contribution in [2.45, 2.75) is 84.0 Å². The number of nitrogens with one attached hydrogen (secondary N) is 1. The normalized spacial score (nSPS) is 25.8. The van der Waals surface area contributed by atoms with Crippen LogP contribution in [-0.4, -0.2) is 54.6 Å². The average Bonchev–Trinajstić information content (AvgIpc) is 3.49. The fourth-order valence-corrected chi connectivity index (χ4v) is 5.72. The van der Waals surface area contributed by atoms with E-state index in [1.165, 1.54) is 5.56 Å². The smallest absolute Gasteiger partial charge is 0.180 e. The van der Waals surface area contributed by atoms with Crippen molar-refractivity contribution in [1.29, 1.82) is 0 Å². The highest BCUT2D eigenvalue weighted by Crippen LogP contribution is 2.49. The van der Waals surface area contributed by atoms with Gasteiger partial charge < -0.3 is 9.72 Å². The van der Waals surface area contributed by atoms with E-state index in [9.17, 15) is 0 Å². The van der Waals surface area contributed by atoms with Crippen LogP contribution in [0.1, 0.15) is 70.5 Å². The van der Waals surface area contributed by atoms with Gasteiger partial charge in [-0.05, 0) is 78.5 Å². The molecular weight excluding hydrogens is 412 g/mol. The van der Waals surface area contributed by atoms with Crippen molar-refractivity contribution in [3.05, 3.63) is 47.9 Å². The summed E-state index contributed by atoms with van der Waals surface area (Å²) in [6.07, 6.45) is 11.0. The molecule has 7 nitrogen and oxygen atoms in total. The number of fused-ring (bicyclic) bond motifs is 1. The first kappa shape index (κ1) is 22.4. The van der Waals surface area contributed by atoms with Gasteiger partial charge in [-0.3, -0.25) is 9.88 Å². The van der Waals surface area contributed by atoms with Gasteiger partial charge >= 0.3 is 0 Å². The summed E-state index contributed by atoms with van der Waals surface area (Å²) in [6.45, 7) is 13.2. The predicted molar refractivity (Wildman–Crippen MR) is 129 cm³/mol. The topological polar surface area (TPSA) is 79.8 Å². The fourth-order valence-electron chi connectivity index (χ4n) is 5.72. The molecule has 3 aromatic heterocycles. The van der Waals surface area contributed by atoms with Gasteiger partial charge in [0.15, 0.2) is 5.65 Å². The van der Waals surface area contributed by atoms with Crippen molar-refractivity contribution in [2.75, 3.05) is 13.1 Å². The van der Waals surface area contributed by atoms with Crippen LogP contribution in [0, 0.1) is 12.3 Å². The number of hydrogen-bond acceptors (Lipinski definition) is 6. The Morgan fingerprint density at radius 3 is 2.73 bits per heavy atom. The quantitative estimate of drug-likeness (QED) is 0.595. The van der Waals surface area contributed by atoms with Crippen LogP contribution in [0.25, 0.3) is 11.2 Å². The lowest BCUT2D eigenvalue weighted by molar-refractivity contribution is -0.0789.